The first-order valence-electron chi connectivity index (χ1n) is 9.96. The molecule has 2 saturated heterocycles. The highest BCUT2D eigenvalue weighted by Gasteiger charge is 2.48. The largest absolute Gasteiger partial charge is 0.496 e. The Kier molecular flexibility index (Phi) is 6.34. The Morgan fingerprint density at radius 3 is 2.68 bits per heavy atom. The first-order valence-corrected chi connectivity index (χ1v) is 12.7. The molecule has 0 bridgehead atoms. The number of fused-ring (bicyclic) bond motifs is 1. The Labute approximate surface area is 185 Å². The number of sulfone groups is 1. The van der Waals surface area contributed by atoms with Crippen LogP contribution in [0.5, 0.6) is 5.75 Å². The maximum absolute atomic E-state index is 13.2. The van der Waals surface area contributed by atoms with Gasteiger partial charge >= 0.3 is 0 Å². The predicted molar refractivity (Wildman–Crippen MR) is 120 cm³/mol. The van der Waals surface area contributed by atoms with E-state index >= 15 is 0 Å². The molecule has 2 aliphatic heterocycles. The maximum Gasteiger partial charge on any atom is 0.252 e. The van der Waals surface area contributed by atoms with E-state index < -0.39 is 9.84 Å². The van der Waals surface area contributed by atoms with E-state index in [4.69, 9.17) is 4.74 Å². The Balaban J connectivity index is 1.52. The Morgan fingerprint density at radius 1 is 1.19 bits per heavy atom. The number of hydrogen-bond acceptors (Lipinski definition) is 5. The fraction of sp³-hybridized carbons (Fsp3) is 0.364. The van der Waals surface area contributed by atoms with Crippen molar-refractivity contribution in [3.05, 3.63) is 65.5 Å². The lowest BCUT2D eigenvalue weighted by Gasteiger charge is -2.24. The van der Waals surface area contributed by atoms with Crippen molar-refractivity contribution >= 4 is 32.7 Å². The summed E-state index contributed by atoms with van der Waals surface area (Å²) < 4.78 is 42.8. The molecule has 31 heavy (non-hydrogen) atoms. The highest BCUT2D eigenvalue weighted by molar-refractivity contribution is 8.15. The average molecular weight is 463 g/mol. The van der Waals surface area contributed by atoms with Crippen LogP contribution in [0, 0.1) is 5.82 Å². The molecule has 2 atom stereocenters. The van der Waals surface area contributed by atoms with E-state index in [1.807, 2.05) is 23.1 Å². The van der Waals surface area contributed by atoms with Crippen LogP contribution in [0.25, 0.3) is 0 Å². The number of ether oxygens (including phenoxy) is 1. The number of benzene rings is 2. The van der Waals surface area contributed by atoms with Gasteiger partial charge in [0, 0.05) is 17.4 Å². The lowest BCUT2D eigenvalue weighted by Crippen LogP contribution is -2.39. The van der Waals surface area contributed by atoms with Crippen molar-refractivity contribution in [1.29, 1.82) is 0 Å². The molecule has 6 nitrogen and oxygen atoms in total. The van der Waals surface area contributed by atoms with Crippen molar-refractivity contribution in [3.8, 4) is 5.75 Å². The number of amidine groups is 1. The number of thioether (sulfide) groups is 1. The molecule has 1 amide bonds. The third kappa shape index (κ3) is 5.10. The summed E-state index contributed by atoms with van der Waals surface area (Å²) >= 11 is 1.36. The van der Waals surface area contributed by atoms with Crippen LogP contribution in [-0.2, 0) is 27.5 Å². The van der Waals surface area contributed by atoms with Crippen LogP contribution in [0.4, 0.5) is 4.39 Å². The molecule has 0 spiro atoms. The highest BCUT2D eigenvalue weighted by Crippen LogP contribution is 2.38. The van der Waals surface area contributed by atoms with Crippen molar-refractivity contribution in [2.75, 3.05) is 25.2 Å². The molecular weight excluding hydrogens is 439 g/mol. The van der Waals surface area contributed by atoms with E-state index in [1.54, 1.807) is 25.3 Å². The van der Waals surface area contributed by atoms with E-state index in [1.165, 1.54) is 23.9 Å². The first kappa shape index (κ1) is 21.8. The SMILES string of the molecule is COc1ccccc1CC(=O)N=C1S[C@@H]2CS(=O)(=O)C[C@H]2N1CCc1ccc(F)cc1. The van der Waals surface area contributed by atoms with Gasteiger partial charge in [-0.2, -0.15) is 4.99 Å². The van der Waals surface area contributed by atoms with Gasteiger partial charge in [-0.25, -0.2) is 12.8 Å². The standard InChI is InChI=1S/C22H23FN2O4S2/c1-29-19-5-3-2-4-16(19)12-21(26)24-22-25(11-10-15-6-8-17(23)9-7-15)18-13-31(27,28)14-20(18)30-22/h2-9,18,20H,10-14H2,1H3/t18-,20-/m1/s1. The molecule has 2 fully saturated rings. The molecule has 2 aliphatic rings. The van der Waals surface area contributed by atoms with E-state index in [2.05, 4.69) is 4.99 Å². The lowest BCUT2D eigenvalue weighted by atomic mass is 10.1. The second-order valence-corrected chi connectivity index (χ2v) is 11.0. The zero-order chi connectivity index (χ0) is 22.0. The summed E-state index contributed by atoms with van der Waals surface area (Å²) in [6.45, 7) is 0.510. The van der Waals surface area contributed by atoms with Crippen LogP contribution in [0.1, 0.15) is 11.1 Å². The van der Waals surface area contributed by atoms with Crippen molar-refractivity contribution in [1.82, 2.24) is 4.90 Å². The van der Waals surface area contributed by atoms with Crippen molar-refractivity contribution in [3.63, 3.8) is 0 Å². The number of carbonyl (C=O) groups is 1. The van der Waals surface area contributed by atoms with Crippen LogP contribution in [0.2, 0.25) is 0 Å². The van der Waals surface area contributed by atoms with Gasteiger partial charge in [0.15, 0.2) is 15.0 Å². The molecule has 164 valence electrons. The smallest absolute Gasteiger partial charge is 0.252 e. The molecular formula is C22H23FN2O4S2. The van der Waals surface area contributed by atoms with Gasteiger partial charge in [-0.1, -0.05) is 42.1 Å². The molecule has 2 aromatic rings. The van der Waals surface area contributed by atoms with E-state index in [0.717, 1.165) is 11.1 Å². The van der Waals surface area contributed by atoms with Gasteiger partial charge in [0.1, 0.15) is 11.6 Å². The minimum Gasteiger partial charge on any atom is -0.496 e. The van der Waals surface area contributed by atoms with Crippen molar-refractivity contribution in [2.24, 2.45) is 4.99 Å². The van der Waals surface area contributed by atoms with E-state index in [9.17, 15) is 17.6 Å². The second kappa shape index (κ2) is 9.00. The molecule has 2 aromatic carbocycles. The number of amides is 1. The van der Waals surface area contributed by atoms with Gasteiger partial charge in [-0.05, 0) is 30.2 Å². The third-order valence-corrected chi connectivity index (χ3v) is 8.73. The lowest BCUT2D eigenvalue weighted by molar-refractivity contribution is -0.117. The topological polar surface area (TPSA) is 76.0 Å². The summed E-state index contributed by atoms with van der Waals surface area (Å²) in [5, 5.41) is 0.433. The zero-order valence-corrected chi connectivity index (χ0v) is 18.7. The average Bonchev–Trinajstić information content (AvgIpc) is 3.19. The summed E-state index contributed by atoms with van der Waals surface area (Å²) in [6, 6.07) is 13.3. The second-order valence-electron chi connectivity index (χ2n) is 7.65. The Bertz CT molecular complexity index is 1100. The molecule has 4 rings (SSSR count). The zero-order valence-electron chi connectivity index (χ0n) is 17.0. The van der Waals surface area contributed by atoms with Gasteiger partial charge in [-0.3, -0.25) is 4.79 Å². The quantitative estimate of drug-likeness (QED) is 0.657. The molecule has 0 radical (unpaired) electrons. The number of halogens is 1. The molecule has 0 aliphatic carbocycles. The first-order chi connectivity index (χ1) is 14.8. The van der Waals surface area contributed by atoms with Gasteiger partial charge in [0.25, 0.3) is 5.91 Å². The summed E-state index contributed by atoms with van der Waals surface area (Å²) in [5.74, 6) is 0.183. The fourth-order valence-electron chi connectivity index (χ4n) is 3.96. The number of hydrogen-bond donors (Lipinski definition) is 0. The van der Waals surface area contributed by atoms with Crippen LogP contribution < -0.4 is 4.74 Å². The molecule has 0 N–H and O–H groups in total. The minimum absolute atomic E-state index is 0.0633. The monoisotopic (exact) mass is 462 g/mol. The van der Waals surface area contributed by atoms with E-state index in [-0.39, 0.29) is 40.9 Å². The van der Waals surface area contributed by atoms with E-state index in [0.29, 0.717) is 23.9 Å². The number of para-hydroxylation sites is 1. The molecule has 0 unspecified atom stereocenters. The summed E-state index contributed by atoms with van der Waals surface area (Å²) in [5.41, 5.74) is 1.69. The number of carbonyl (C=O) groups excluding carboxylic acids is 1. The highest BCUT2D eigenvalue weighted by atomic mass is 32.2. The molecule has 0 aromatic heterocycles. The molecule has 9 heteroatoms. The third-order valence-electron chi connectivity index (χ3n) is 5.48. The van der Waals surface area contributed by atoms with Gasteiger partial charge in [0.2, 0.25) is 0 Å². The number of rotatable bonds is 6. The Hall–Kier alpha value is -2.39. The van der Waals surface area contributed by atoms with Gasteiger partial charge in [-0.15, -0.1) is 0 Å². The summed E-state index contributed by atoms with van der Waals surface area (Å²) in [6.07, 6.45) is 0.706. The normalized spacial score (nSPS) is 23.2. The maximum atomic E-state index is 13.2. The number of methoxy groups -OCH3 is 1. The Morgan fingerprint density at radius 2 is 1.94 bits per heavy atom. The van der Waals surface area contributed by atoms with Crippen molar-refractivity contribution in [2.45, 2.75) is 24.1 Å². The van der Waals surface area contributed by atoms with Crippen LogP contribution >= 0.6 is 11.8 Å². The van der Waals surface area contributed by atoms with Crippen molar-refractivity contribution < 1.29 is 22.3 Å². The van der Waals surface area contributed by atoms with Crippen LogP contribution in [-0.4, -0.2) is 60.8 Å². The minimum atomic E-state index is -3.10. The summed E-state index contributed by atoms with van der Waals surface area (Å²) in [7, 11) is -1.55. The number of aliphatic imine (C=N–C) groups is 1. The molecule has 0 saturated carbocycles. The van der Waals surface area contributed by atoms with Gasteiger partial charge < -0.3 is 9.64 Å². The fourth-order valence-corrected chi connectivity index (χ4v) is 7.95. The summed E-state index contributed by atoms with van der Waals surface area (Å²) in [4.78, 5) is 19.0. The number of nitrogens with zero attached hydrogens (tertiary/aromatic N) is 2. The van der Waals surface area contributed by atoms with Crippen LogP contribution in [0.3, 0.4) is 0 Å². The van der Waals surface area contributed by atoms with Crippen LogP contribution in [0.15, 0.2) is 53.5 Å². The molecule has 2 heterocycles. The predicted octanol–water partition coefficient (Wildman–Crippen LogP) is 2.72. The van der Waals surface area contributed by atoms with Gasteiger partial charge in [0.05, 0.1) is 31.1 Å².